The minimum Gasteiger partial charge on any atom is -0.497 e. The van der Waals surface area contributed by atoms with Gasteiger partial charge in [-0.15, -0.1) is 10.2 Å². The van der Waals surface area contributed by atoms with E-state index in [0.29, 0.717) is 11.7 Å². The molecule has 4 rings (SSSR count). The molecule has 8 nitrogen and oxygen atoms in total. The Morgan fingerprint density at radius 3 is 2.84 bits per heavy atom. The molecule has 0 radical (unpaired) electrons. The molecule has 1 aromatic carbocycles. The first-order valence-electron chi connectivity index (χ1n) is 10.3. The summed E-state index contributed by atoms with van der Waals surface area (Å²) in [6.07, 6.45) is 3.78. The molecule has 1 saturated heterocycles. The summed E-state index contributed by atoms with van der Waals surface area (Å²) in [5.41, 5.74) is 0.939. The number of benzene rings is 1. The van der Waals surface area contributed by atoms with Gasteiger partial charge in [0.15, 0.2) is 11.0 Å². The van der Waals surface area contributed by atoms with Crippen molar-refractivity contribution in [3.63, 3.8) is 0 Å². The lowest BCUT2D eigenvalue weighted by Gasteiger charge is -2.15. The quantitative estimate of drug-likeness (QED) is 0.505. The number of aromatic nitrogens is 3. The summed E-state index contributed by atoms with van der Waals surface area (Å²) < 4.78 is 18.5. The van der Waals surface area contributed by atoms with Crippen LogP contribution in [0, 0.1) is 0 Å². The Hall–Kier alpha value is -2.78. The van der Waals surface area contributed by atoms with Crippen molar-refractivity contribution < 1.29 is 18.7 Å². The van der Waals surface area contributed by atoms with Crippen LogP contribution in [0.5, 0.6) is 5.75 Å². The Balaban J connectivity index is 1.48. The van der Waals surface area contributed by atoms with Gasteiger partial charge in [0, 0.05) is 12.2 Å². The highest BCUT2D eigenvalue weighted by atomic mass is 32.2. The zero-order chi connectivity index (χ0) is 21.6. The van der Waals surface area contributed by atoms with E-state index in [4.69, 9.17) is 13.9 Å². The molecule has 0 spiro atoms. The van der Waals surface area contributed by atoms with Gasteiger partial charge in [-0.25, -0.2) is 0 Å². The molecule has 3 heterocycles. The largest absolute Gasteiger partial charge is 0.497 e. The maximum Gasteiger partial charge on any atom is 0.231 e. The van der Waals surface area contributed by atoms with Gasteiger partial charge in [0.05, 0.1) is 37.8 Å². The van der Waals surface area contributed by atoms with Crippen LogP contribution in [-0.2, 0) is 16.1 Å². The first kappa shape index (κ1) is 21.5. The number of amides is 1. The molecular formula is C22H26N4O4S. The Labute approximate surface area is 185 Å². The van der Waals surface area contributed by atoms with E-state index >= 15 is 0 Å². The third-order valence-electron chi connectivity index (χ3n) is 5.16. The maximum absolute atomic E-state index is 12.5. The van der Waals surface area contributed by atoms with Gasteiger partial charge >= 0.3 is 0 Å². The summed E-state index contributed by atoms with van der Waals surface area (Å²) in [5.74, 6) is 2.40. The molecule has 1 aliphatic rings. The minimum atomic E-state index is -0.192. The van der Waals surface area contributed by atoms with Crippen LogP contribution in [0.4, 0.5) is 0 Å². The lowest BCUT2D eigenvalue weighted by Crippen LogP contribution is -2.28. The van der Waals surface area contributed by atoms with E-state index < -0.39 is 0 Å². The Kier molecular flexibility index (Phi) is 6.93. The standard InChI is InChI=1S/C22H26N4O4S/c1-15(19-6-4-12-30-19)23-20(27)14-31-22-25-24-21(16-7-9-17(28-2)10-8-16)26(22)13-18-5-3-11-29-18/h4,6-10,12,15,18H,3,5,11,13-14H2,1-2H3,(H,23,27). The molecule has 0 aliphatic carbocycles. The van der Waals surface area contributed by atoms with Gasteiger partial charge in [-0.2, -0.15) is 0 Å². The second kappa shape index (κ2) is 10.0. The average molecular weight is 443 g/mol. The number of hydrogen-bond acceptors (Lipinski definition) is 7. The van der Waals surface area contributed by atoms with Crippen LogP contribution in [-0.4, -0.2) is 46.2 Å². The van der Waals surface area contributed by atoms with Gasteiger partial charge in [0.2, 0.25) is 5.91 Å². The Bertz CT molecular complexity index is 982. The molecule has 1 aliphatic heterocycles. The molecule has 1 amide bonds. The number of nitrogens with zero attached hydrogens (tertiary/aromatic N) is 3. The Morgan fingerprint density at radius 1 is 1.32 bits per heavy atom. The summed E-state index contributed by atoms with van der Waals surface area (Å²) in [7, 11) is 1.64. The van der Waals surface area contributed by atoms with Crippen molar-refractivity contribution in [1.82, 2.24) is 20.1 Å². The third-order valence-corrected chi connectivity index (χ3v) is 6.12. The number of ether oxygens (including phenoxy) is 2. The van der Waals surface area contributed by atoms with Crippen molar-refractivity contribution in [1.29, 1.82) is 0 Å². The number of carbonyl (C=O) groups excluding carboxylic acids is 1. The van der Waals surface area contributed by atoms with Crippen LogP contribution in [0.3, 0.4) is 0 Å². The zero-order valence-electron chi connectivity index (χ0n) is 17.6. The van der Waals surface area contributed by atoms with Gasteiger partial charge in [0.1, 0.15) is 11.5 Å². The van der Waals surface area contributed by atoms with Crippen LogP contribution in [0.2, 0.25) is 0 Å². The lowest BCUT2D eigenvalue weighted by atomic mass is 10.2. The molecule has 2 aromatic heterocycles. The second-order valence-corrected chi connectivity index (χ2v) is 8.32. The molecule has 1 fully saturated rings. The molecular weight excluding hydrogens is 416 g/mol. The topological polar surface area (TPSA) is 91.4 Å². The maximum atomic E-state index is 12.5. The molecule has 31 heavy (non-hydrogen) atoms. The molecule has 2 atom stereocenters. The predicted molar refractivity (Wildman–Crippen MR) is 117 cm³/mol. The Morgan fingerprint density at radius 2 is 2.16 bits per heavy atom. The fourth-order valence-corrected chi connectivity index (χ4v) is 4.29. The summed E-state index contributed by atoms with van der Waals surface area (Å²) in [6.45, 7) is 3.32. The van der Waals surface area contributed by atoms with E-state index in [1.165, 1.54) is 11.8 Å². The monoisotopic (exact) mass is 442 g/mol. The van der Waals surface area contributed by atoms with Crippen LogP contribution in [0.1, 0.15) is 31.6 Å². The number of hydrogen-bond donors (Lipinski definition) is 1. The minimum absolute atomic E-state index is 0.0911. The van der Waals surface area contributed by atoms with Gasteiger partial charge in [-0.1, -0.05) is 11.8 Å². The van der Waals surface area contributed by atoms with E-state index in [1.807, 2.05) is 41.8 Å². The molecule has 164 valence electrons. The molecule has 3 aromatic rings. The van der Waals surface area contributed by atoms with E-state index in [-0.39, 0.29) is 23.8 Å². The van der Waals surface area contributed by atoms with Gasteiger partial charge in [-0.05, 0) is 56.2 Å². The number of nitrogens with one attached hydrogen (secondary N) is 1. The van der Waals surface area contributed by atoms with Gasteiger partial charge in [0.25, 0.3) is 0 Å². The molecule has 0 saturated carbocycles. The molecule has 2 unspecified atom stereocenters. The first-order valence-corrected chi connectivity index (χ1v) is 11.3. The normalized spacial score (nSPS) is 16.9. The summed E-state index contributed by atoms with van der Waals surface area (Å²) >= 11 is 1.37. The predicted octanol–water partition coefficient (Wildman–Crippen LogP) is 3.70. The number of carbonyl (C=O) groups is 1. The van der Waals surface area contributed by atoms with Crippen molar-refractivity contribution in [2.75, 3.05) is 19.5 Å². The van der Waals surface area contributed by atoms with E-state index in [9.17, 15) is 4.79 Å². The van der Waals surface area contributed by atoms with Crippen molar-refractivity contribution in [2.45, 2.75) is 43.6 Å². The number of furan rings is 1. The van der Waals surface area contributed by atoms with E-state index in [0.717, 1.165) is 42.3 Å². The summed E-state index contributed by atoms with van der Waals surface area (Å²) in [4.78, 5) is 12.5. The highest BCUT2D eigenvalue weighted by Gasteiger charge is 2.22. The van der Waals surface area contributed by atoms with Crippen molar-refractivity contribution >= 4 is 17.7 Å². The molecule has 1 N–H and O–H groups in total. The van der Waals surface area contributed by atoms with Crippen molar-refractivity contribution in [3.05, 3.63) is 48.4 Å². The molecule has 0 bridgehead atoms. The van der Waals surface area contributed by atoms with Crippen LogP contribution >= 0.6 is 11.8 Å². The van der Waals surface area contributed by atoms with Gasteiger partial charge in [-0.3, -0.25) is 9.36 Å². The zero-order valence-corrected chi connectivity index (χ0v) is 18.4. The van der Waals surface area contributed by atoms with Crippen LogP contribution < -0.4 is 10.1 Å². The van der Waals surface area contributed by atoms with Crippen LogP contribution in [0.15, 0.2) is 52.2 Å². The number of rotatable bonds is 9. The number of thioether (sulfide) groups is 1. The average Bonchev–Trinajstić information content (AvgIpc) is 3.55. The van der Waals surface area contributed by atoms with Gasteiger partial charge < -0.3 is 19.2 Å². The highest BCUT2D eigenvalue weighted by Crippen LogP contribution is 2.28. The SMILES string of the molecule is COc1ccc(-c2nnc(SCC(=O)NC(C)c3ccco3)n2CC2CCCO2)cc1. The smallest absolute Gasteiger partial charge is 0.231 e. The highest BCUT2D eigenvalue weighted by molar-refractivity contribution is 7.99. The summed E-state index contributed by atoms with van der Waals surface area (Å²) in [6, 6.07) is 11.2. The fourth-order valence-electron chi connectivity index (χ4n) is 3.53. The van der Waals surface area contributed by atoms with Crippen molar-refractivity contribution in [2.24, 2.45) is 0 Å². The van der Waals surface area contributed by atoms with E-state index in [1.54, 1.807) is 19.4 Å². The summed E-state index contributed by atoms with van der Waals surface area (Å²) in [5, 5.41) is 12.4. The second-order valence-electron chi connectivity index (χ2n) is 7.37. The van der Waals surface area contributed by atoms with Crippen LogP contribution in [0.25, 0.3) is 11.4 Å². The lowest BCUT2D eigenvalue weighted by molar-refractivity contribution is -0.119. The number of methoxy groups -OCH3 is 1. The van der Waals surface area contributed by atoms with E-state index in [2.05, 4.69) is 15.5 Å². The molecule has 9 heteroatoms. The fraction of sp³-hybridized carbons (Fsp3) is 0.409. The van der Waals surface area contributed by atoms with Crippen molar-refractivity contribution in [3.8, 4) is 17.1 Å². The first-order chi connectivity index (χ1) is 15.1. The third kappa shape index (κ3) is 5.29.